The summed E-state index contributed by atoms with van der Waals surface area (Å²) in [6.07, 6.45) is 1.05. The summed E-state index contributed by atoms with van der Waals surface area (Å²) in [6.45, 7) is 1.86. The molecule has 0 unspecified atom stereocenters. The van der Waals surface area contributed by atoms with Crippen molar-refractivity contribution < 1.29 is 17.8 Å². The minimum absolute atomic E-state index is 0.203. The lowest BCUT2D eigenvalue weighted by atomic mass is 10.2. The zero-order valence-corrected chi connectivity index (χ0v) is 15.0. The maximum absolute atomic E-state index is 12.2. The Bertz CT molecular complexity index is 784. The molecule has 0 spiro atoms. The fraction of sp³-hybridized carbons (Fsp3) is 0.182. The van der Waals surface area contributed by atoms with Gasteiger partial charge >= 0.3 is 0 Å². The molecule has 1 aromatic heterocycles. The first-order chi connectivity index (χ1) is 10.2. The first-order valence-electron chi connectivity index (χ1n) is 5.78. The summed E-state index contributed by atoms with van der Waals surface area (Å²) in [4.78, 5) is 12.2. The number of amides is 1. The summed E-state index contributed by atoms with van der Waals surface area (Å²) in [5.41, 5.74) is 1.07. The van der Waals surface area contributed by atoms with Crippen LogP contribution in [0.3, 0.4) is 0 Å². The maximum Gasteiger partial charge on any atom is 0.283 e. The lowest BCUT2D eigenvalue weighted by molar-refractivity contribution is -0.116. The van der Waals surface area contributed by atoms with E-state index in [1.807, 2.05) is 6.92 Å². The summed E-state index contributed by atoms with van der Waals surface area (Å²) in [7, 11) is -4.69. The van der Waals surface area contributed by atoms with Gasteiger partial charge in [0.2, 0.25) is 5.25 Å². The van der Waals surface area contributed by atoms with Gasteiger partial charge in [-0.2, -0.15) is 23.8 Å². The molecule has 1 aromatic carbocycles. The van der Waals surface area contributed by atoms with Crippen LogP contribution in [0.15, 0.2) is 27.3 Å². The van der Waals surface area contributed by atoms with Crippen molar-refractivity contribution in [1.29, 1.82) is 0 Å². The van der Waals surface area contributed by atoms with Gasteiger partial charge in [-0.1, -0.05) is 31.9 Å². The van der Waals surface area contributed by atoms with Gasteiger partial charge < -0.3 is 5.32 Å². The molecule has 1 atom stereocenters. The maximum atomic E-state index is 12.2. The zero-order chi connectivity index (χ0) is 16.5. The van der Waals surface area contributed by atoms with Crippen molar-refractivity contribution >= 4 is 53.6 Å². The van der Waals surface area contributed by atoms with Gasteiger partial charge in [0.05, 0.1) is 6.20 Å². The van der Waals surface area contributed by atoms with Crippen LogP contribution in [0.5, 0.6) is 0 Å². The van der Waals surface area contributed by atoms with E-state index in [2.05, 4.69) is 52.6 Å². The van der Waals surface area contributed by atoms with Crippen molar-refractivity contribution in [2.24, 2.45) is 0 Å². The molecule has 0 aliphatic carbocycles. The van der Waals surface area contributed by atoms with Crippen molar-refractivity contribution in [2.75, 3.05) is 5.32 Å². The number of hydrogen-bond donors (Lipinski definition) is 3. The van der Waals surface area contributed by atoms with Crippen molar-refractivity contribution in [3.05, 3.63) is 38.5 Å². The second-order valence-electron chi connectivity index (χ2n) is 4.34. The topological polar surface area (TPSA) is 125 Å². The molecule has 11 heteroatoms. The van der Waals surface area contributed by atoms with Crippen molar-refractivity contribution in [2.45, 2.75) is 12.2 Å². The molecule has 22 heavy (non-hydrogen) atoms. The minimum Gasteiger partial charge on any atom is -0.324 e. The average Bonchev–Trinajstić information content (AvgIpc) is 2.87. The number of aromatic nitrogens is 3. The molecule has 0 aliphatic rings. The van der Waals surface area contributed by atoms with Crippen LogP contribution in [0.2, 0.25) is 0 Å². The van der Waals surface area contributed by atoms with Gasteiger partial charge in [0.25, 0.3) is 16.0 Å². The summed E-state index contributed by atoms with van der Waals surface area (Å²) in [5, 5.41) is 9.73. The predicted molar refractivity (Wildman–Crippen MR) is 85.9 cm³/mol. The summed E-state index contributed by atoms with van der Waals surface area (Å²) < 4.78 is 33.6. The standard InChI is InChI=1S/C11H10Br2N4O4S/c1-5-7(12)2-6(3-8(5)13)15-11(18)10(22(19,20)21)9-4-14-17-16-9/h2-4,10H,1H3,(H,15,18)(H,14,16,17)(H,19,20,21)/t10-/m1/s1. The van der Waals surface area contributed by atoms with Crippen LogP contribution in [0, 0.1) is 6.92 Å². The number of H-pyrrole nitrogens is 1. The van der Waals surface area contributed by atoms with Crippen molar-refractivity contribution in [3.63, 3.8) is 0 Å². The molecular weight excluding hydrogens is 444 g/mol. The first-order valence-corrected chi connectivity index (χ1v) is 8.87. The number of benzene rings is 1. The number of rotatable bonds is 4. The molecule has 0 radical (unpaired) electrons. The number of halogens is 2. The van der Waals surface area contributed by atoms with Gasteiger partial charge in [-0.25, -0.2) is 0 Å². The Morgan fingerprint density at radius 3 is 2.41 bits per heavy atom. The van der Waals surface area contributed by atoms with E-state index in [0.29, 0.717) is 5.69 Å². The summed E-state index contributed by atoms with van der Waals surface area (Å²) in [5.74, 6) is -0.945. The highest BCUT2D eigenvalue weighted by atomic mass is 79.9. The third-order valence-corrected chi connectivity index (χ3v) is 5.49. The molecule has 0 bridgehead atoms. The van der Waals surface area contributed by atoms with Gasteiger partial charge in [-0.15, -0.1) is 0 Å². The molecule has 118 valence electrons. The van der Waals surface area contributed by atoms with Crippen LogP contribution in [-0.2, 0) is 14.9 Å². The van der Waals surface area contributed by atoms with Gasteiger partial charge in [0, 0.05) is 14.6 Å². The van der Waals surface area contributed by atoms with Crippen LogP contribution in [0.25, 0.3) is 0 Å². The summed E-state index contributed by atoms with van der Waals surface area (Å²) >= 11 is 6.65. The van der Waals surface area contributed by atoms with Crippen molar-refractivity contribution in [1.82, 2.24) is 15.4 Å². The monoisotopic (exact) mass is 452 g/mol. The van der Waals surface area contributed by atoms with Crippen molar-refractivity contribution in [3.8, 4) is 0 Å². The Balaban J connectivity index is 2.34. The smallest absolute Gasteiger partial charge is 0.283 e. The zero-order valence-electron chi connectivity index (χ0n) is 11.0. The number of carbonyl (C=O) groups excluding carboxylic acids is 1. The van der Waals surface area contributed by atoms with Crippen LogP contribution in [0.1, 0.15) is 16.5 Å². The Labute approximate surface area is 142 Å². The molecule has 0 saturated heterocycles. The molecular formula is C11H10Br2N4O4S. The molecule has 1 amide bonds. The molecule has 0 saturated carbocycles. The third-order valence-electron chi connectivity index (χ3n) is 2.79. The molecule has 0 aliphatic heterocycles. The van der Waals surface area contributed by atoms with Gasteiger partial charge in [0.15, 0.2) is 0 Å². The quantitative estimate of drug-likeness (QED) is 0.609. The molecule has 2 rings (SSSR count). The number of anilines is 1. The predicted octanol–water partition coefficient (Wildman–Crippen LogP) is 2.21. The number of nitrogens with zero attached hydrogens (tertiary/aromatic N) is 2. The first kappa shape index (κ1) is 17.1. The third kappa shape index (κ3) is 3.72. The van der Waals surface area contributed by atoms with E-state index in [0.717, 1.165) is 20.7 Å². The molecule has 1 heterocycles. The molecule has 2 aromatic rings. The van der Waals surface area contributed by atoms with E-state index in [1.165, 1.54) is 0 Å². The highest BCUT2D eigenvalue weighted by Crippen LogP contribution is 2.30. The van der Waals surface area contributed by atoms with E-state index < -0.39 is 21.3 Å². The van der Waals surface area contributed by atoms with Gasteiger partial charge in [-0.3, -0.25) is 9.35 Å². The second kappa shape index (κ2) is 6.44. The Morgan fingerprint density at radius 2 is 1.95 bits per heavy atom. The van der Waals surface area contributed by atoms with Crippen LogP contribution < -0.4 is 5.32 Å². The van der Waals surface area contributed by atoms with Crippen LogP contribution in [-0.4, -0.2) is 34.3 Å². The fourth-order valence-electron chi connectivity index (χ4n) is 1.68. The van der Waals surface area contributed by atoms with Gasteiger partial charge in [0.1, 0.15) is 5.69 Å². The molecule has 0 fully saturated rings. The van der Waals surface area contributed by atoms with Gasteiger partial charge in [-0.05, 0) is 24.6 Å². The van der Waals surface area contributed by atoms with Crippen LogP contribution >= 0.6 is 31.9 Å². The van der Waals surface area contributed by atoms with Crippen LogP contribution in [0.4, 0.5) is 5.69 Å². The lowest BCUT2D eigenvalue weighted by Gasteiger charge is -2.13. The number of aromatic amines is 1. The Hall–Kier alpha value is -1.30. The van der Waals surface area contributed by atoms with E-state index in [1.54, 1.807) is 12.1 Å². The largest absolute Gasteiger partial charge is 0.324 e. The fourth-order valence-corrected chi connectivity index (χ4v) is 3.62. The number of carbonyl (C=O) groups is 1. The Kier molecular flexibility index (Phi) is 5.00. The number of nitrogens with one attached hydrogen (secondary N) is 2. The lowest BCUT2D eigenvalue weighted by Crippen LogP contribution is -2.28. The molecule has 8 nitrogen and oxygen atoms in total. The minimum atomic E-state index is -4.69. The van der Waals surface area contributed by atoms with E-state index in [4.69, 9.17) is 0 Å². The molecule has 3 N–H and O–H groups in total. The number of hydrogen-bond acceptors (Lipinski definition) is 5. The second-order valence-corrected chi connectivity index (χ2v) is 7.55. The average molecular weight is 454 g/mol. The Morgan fingerprint density at radius 1 is 1.36 bits per heavy atom. The normalized spacial score (nSPS) is 12.9. The highest BCUT2D eigenvalue weighted by molar-refractivity contribution is 9.11. The highest BCUT2D eigenvalue weighted by Gasteiger charge is 2.35. The summed E-state index contributed by atoms with van der Waals surface area (Å²) in [6, 6.07) is 3.23. The van der Waals surface area contributed by atoms with E-state index in [-0.39, 0.29) is 5.69 Å². The SMILES string of the molecule is Cc1c(Br)cc(NC(=O)[C@@H](c2cn[nH]n2)S(=O)(=O)O)cc1Br. The van der Waals surface area contributed by atoms with E-state index >= 15 is 0 Å². The van der Waals surface area contributed by atoms with E-state index in [9.17, 15) is 17.8 Å².